The molecule has 2 heterocycles. The Labute approximate surface area is 224 Å². The van der Waals surface area contributed by atoms with Crippen molar-refractivity contribution in [1.82, 2.24) is 25.4 Å². The minimum absolute atomic E-state index is 0.0319. The highest BCUT2D eigenvalue weighted by atomic mass is 19.1. The summed E-state index contributed by atoms with van der Waals surface area (Å²) in [6.07, 6.45) is 4.97. The minimum atomic E-state index is -0.992. The topological polar surface area (TPSA) is 133 Å². The van der Waals surface area contributed by atoms with Crippen molar-refractivity contribution < 1.29 is 28.3 Å². The highest BCUT2D eigenvalue weighted by molar-refractivity contribution is 5.99. The summed E-state index contributed by atoms with van der Waals surface area (Å²) in [5.41, 5.74) is -1.49. The molecule has 0 bridgehead atoms. The van der Waals surface area contributed by atoms with E-state index in [1.54, 1.807) is 4.90 Å². The quantitative estimate of drug-likeness (QED) is 0.353. The molecule has 210 valence electrons. The number of hydrogen-bond acceptors (Lipinski definition) is 6. The number of nitrogens with zero attached hydrogens (tertiary/aromatic N) is 2. The first-order valence-electron chi connectivity index (χ1n) is 13.1. The van der Waals surface area contributed by atoms with E-state index in [2.05, 4.69) is 16.0 Å². The molecule has 0 radical (unpaired) electrons. The molecule has 1 fully saturated rings. The number of carbonyl (C=O) groups is 3. The van der Waals surface area contributed by atoms with E-state index in [1.165, 1.54) is 23.8 Å². The highest BCUT2D eigenvalue weighted by Crippen LogP contribution is 2.32. The van der Waals surface area contributed by atoms with Gasteiger partial charge in [-0.1, -0.05) is 18.9 Å². The van der Waals surface area contributed by atoms with Gasteiger partial charge in [-0.2, -0.15) is 0 Å². The summed E-state index contributed by atoms with van der Waals surface area (Å²) in [4.78, 5) is 51.9. The molecule has 0 spiro atoms. The van der Waals surface area contributed by atoms with Crippen molar-refractivity contribution in [2.24, 2.45) is 5.92 Å². The van der Waals surface area contributed by atoms with Gasteiger partial charge in [0.1, 0.15) is 17.2 Å². The summed E-state index contributed by atoms with van der Waals surface area (Å²) in [6, 6.07) is 2.86. The number of halogens is 2. The summed E-state index contributed by atoms with van der Waals surface area (Å²) in [6.45, 7) is 3.58. The van der Waals surface area contributed by atoms with Crippen molar-refractivity contribution in [2.45, 2.75) is 51.7 Å². The van der Waals surface area contributed by atoms with Crippen molar-refractivity contribution in [3.05, 3.63) is 63.1 Å². The number of amides is 3. The molecule has 2 aliphatic rings. The zero-order valence-electron chi connectivity index (χ0n) is 21.8. The number of aromatic hydroxyl groups is 1. The first-order chi connectivity index (χ1) is 18.7. The number of fused-ring (bicyclic) bond motifs is 1. The molecule has 12 heteroatoms. The van der Waals surface area contributed by atoms with Gasteiger partial charge >= 0.3 is 0 Å². The molecule has 1 aromatic heterocycles. The Bertz CT molecular complexity index is 1310. The Kier molecular flexibility index (Phi) is 8.95. The first kappa shape index (κ1) is 28.2. The van der Waals surface area contributed by atoms with Crippen molar-refractivity contribution in [3.63, 3.8) is 0 Å². The average molecular weight is 546 g/mol. The van der Waals surface area contributed by atoms with Crippen LogP contribution < -0.4 is 21.4 Å². The van der Waals surface area contributed by atoms with E-state index in [4.69, 9.17) is 0 Å². The van der Waals surface area contributed by atoms with Crippen LogP contribution in [-0.4, -0.2) is 64.5 Å². The van der Waals surface area contributed by atoms with Crippen LogP contribution in [0.15, 0.2) is 29.2 Å². The number of pyridine rings is 1. The van der Waals surface area contributed by atoms with E-state index < -0.39 is 34.6 Å². The molecular weight excluding hydrogens is 512 g/mol. The van der Waals surface area contributed by atoms with Gasteiger partial charge in [0.2, 0.25) is 11.3 Å². The smallest absolute Gasteiger partial charge is 0.274 e. The normalized spacial score (nSPS) is 18.9. The lowest BCUT2D eigenvalue weighted by Gasteiger charge is -2.42. The van der Waals surface area contributed by atoms with Crippen LogP contribution in [0.2, 0.25) is 0 Å². The van der Waals surface area contributed by atoms with Crippen molar-refractivity contribution in [1.29, 1.82) is 0 Å². The second-order valence-corrected chi connectivity index (χ2v) is 9.98. The Balaban J connectivity index is 1.46. The van der Waals surface area contributed by atoms with Gasteiger partial charge < -0.3 is 30.5 Å². The Morgan fingerprint density at radius 3 is 2.59 bits per heavy atom. The third kappa shape index (κ3) is 6.44. The predicted octanol–water partition coefficient (Wildman–Crippen LogP) is 1.50. The molecule has 0 unspecified atom stereocenters. The molecule has 1 aromatic carbocycles. The lowest BCUT2D eigenvalue weighted by atomic mass is 9.83. The number of aromatic nitrogens is 1. The predicted molar refractivity (Wildman–Crippen MR) is 138 cm³/mol. The van der Waals surface area contributed by atoms with Crippen LogP contribution in [0, 0.1) is 17.6 Å². The van der Waals surface area contributed by atoms with E-state index in [0.29, 0.717) is 32.2 Å². The lowest BCUT2D eigenvalue weighted by molar-refractivity contribution is -0.118. The van der Waals surface area contributed by atoms with Crippen LogP contribution in [0.5, 0.6) is 5.75 Å². The van der Waals surface area contributed by atoms with Crippen LogP contribution >= 0.6 is 0 Å². The number of carbonyl (C=O) groups excluding carboxylic acids is 3. The van der Waals surface area contributed by atoms with Gasteiger partial charge in [-0.25, -0.2) is 8.78 Å². The van der Waals surface area contributed by atoms with E-state index in [-0.39, 0.29) is 47.8 Å². The van der Waals surface area contributed by atoms with Gasteiger partial charge in [0.15, 0.2) is 11.4 Å². The molecule has 0 saturated heterocycles. The van der Waals surface area contributed by atoms with Crippen molar-refractivity contribution in [3.8, 4) is 5.75 Å². The molecule has 1 saturated carbocycles. The van der Waals surface area contributed by atoms with Crippen LogP contribution in [0.1, 0.15) is 59.0 Å². The number of benzene rings is 1. The Hall–Kier alpha value is -3.80. The van der Waals surface area contributed by atoms with Gasteiger partial charge in [-0.3, -0.25) is 19.2 Å². The maximum absolute atomic E-state index is 13.9. The van der Waals surface area contributed by atoms with Gasteiger partial charge in [0.25, 0.3) is 11.8 Å². The molecule has 1 aliphatic heterocycles. The third-order valence-corrected chi connectivity index (χ3v) is 7.35. The molecule has 2 aromatic rings. The van der Waals surface area contributed by atoms with Gasteiger partial charge in [-0.15, -0.1) is 0 Å². The molecule has 3 amide bonds. The van der Waals surface area contributed by atoms with E-state index in [1.807, 2.05) is 0 Å². The summed E-state index contributed by atoms with van der Waals surface area (Å²) in [7, 11) is 0. The summed E-state index contributed by atoms with van der Waals surface area (Å²) >= 11 is 0. The maximum atomic E-state index is 13.9. The lowest BCUT2D eigenvalue weighted by Crippen LogP contribution is -2.53. The minimum Gasteiger partial charge on any atom is -0.503 e. The SMILES string of the molecule is CC(=O)NCCNC[C@@H]1CCCC[C@@H]1N1CCn2cc(C(=O)NCc3ccc(F)cc3F)c(=O)c(O)c2C1=O. The fourth-order valence-corrected chi connectivity index (χ4v) is 5.37. The molecule has 10 nitrogen and oxygen atoms in total. The molecule has 1 aliphatic carbocycles. The fourth-order valence-electron chi connectivity index (χ4n) is 5.37. The van der Waals surface area contributed by atoms with E-state index in [0.717, 1.165) is 31.7 Å². The van der Waals surface area contributed by atoms with E-state index >= 15 is 0 Å². The monoisotopic (exact) mass is 545 g/mol. The number of rotatable bonds is 9. The Morgan fingerprint density at radius 1 is 1.08 bits per heavy atom. The van der Waals surface area contributed by atoms with Gasteiger partial charge in [0, 0.05) is 63.5 Å². The summed E-state index contributed by atoms with van der Waals surface area (Å²) < 4.78 is 28.4. The van der Waals surface area contributed by atoms with Crippen LogP contribution in [0.4, 0.5) is 8.78 Å². The molecule has 39 heavy (non-hydrogen) atoms. The second-order valence-electron chi connectivity index (χ2n) is 9.98. The molecule has 4 rings (SSSR count). The summed E-state index contributed by atoms with van der Waals surface area (Å²) in [5.74, 6) is -3.62. The standard InChI is InChI=1S/C27H33F2N5O5/c1-16(35)31-9-8-30-13-18-4-2-3-5-22(18)34-11-10-33-15-20(24(36)25(37)23(33)27(34)39)26(38)32-14-17-6-7-19(28)12-21(17)29/h6-7,12,15,18,22,30,37H,2-5,8-11,13-14H2,1H3,(H,31,35)(H,32,38)/t18-,22-/m0/s1. The van der Waals surface area contributed by atoms with Gasteiger partial charge in [-0.05, 0) is 31.4 Å². The van der Waals surface area contributed by atoms with Crippen LogP contribution in [0.3, 0.4) is 0 Å². The van der Waals surface area contributed by atoms with Crippen molar-refractivity contribution in [2.75, 3.05) is 26.2 Å². The Morgan fingerprint density at radius 2 is 1.85 bits per heavy atom. The zero-order valence-corrected chi connectivity index (χ0v) is 21.8. The molecule has 2 atom stereocenters. The fraction of sp³-hybridized carbons (Fsp3) is 0.481. The third-order valence-electron chi connectivity index (χ3n) is 7.35. The number of hydrogen-bond donors (Lipinski definition) is 4. The maximum Gasteiger partial charge on any atom is 0.274 e. The first-order valence-corrected chi connectivity index (χ1v) is 13.1. The second kappa shape index (κ2) is 12.4. The van der Waals surface area contributed by atoms with E-state index in [9.17, 15) is 33.1 Å². The zero-order chi connectivity index (χ0) is 28.1. The van der Waals surface area contributed by atoms with Crippen LogP contribution in [0.25, 0.3) is 0 Å². The molecular formula is C27H33F2N5O5. The summed E-state index contributed by atoms with van der Waals surface area (Å²) in [5, 5.41) is 19.2. The average Bonchev–Trinajstić information content (AvgIpc) is 2.90. The van der Waals surface area contributed by atoms with Gasteiger partial charge in [0.05, 0.1) is 0 Å². The van der Waals surface area contributed by atoms with Crippen LogP contribution in [-0.2, 0) is 17.9 Å². The largest absolute Gasteiger partial charge is 0.503 e. The molecule has 4 N–H and O–H groups in total. The van der Waals surface area contributed by atoms with Crippen molar-refractivity contribution >= 4 is 17.7 Å². The number of nitrogens with one attached hydrogen (secondary N) is 3. The highest BCUT2D eigenvalue weighted by Gasteiger charge is 2.38.